The number of hydrogen-bond donors (Lipinski definition) is 1. The predicted octanol–water partition coefficient (Wildman–Crippen LogP) is 5.85. The minimum absolute atomic E-state index is 0.0796. The monoisotopic (exact) mass is 511 g/mol. The molecule has 3 aromatic rings. The van der Waals surface area contributed by atoms with E-state index in [1.165, 1.54) is 26.0 Å². The molecule has 38 heavy (non-hydrogen) atoms. The molecule has 6 nitrogen and oxygen atoms in total. The second-order valence-corrected chi connectivity index (χ2v) is 10.2. The summed E-state index contributed by atoms with van der Waals surface area (Å²) in [5, 5.41) is 20.4. The van der Waals surface area contributed by atoms with E-state index >= 15 is 4.39 Å². The minimum atomic E-state index is -1.62. The average molecular weight is 512 g/mol. The summed E-state index contributed by atoms with van der Waals surface area (Å²) in [5.41, 5.74) is 5.37. The van der Waals surface area contributed by atoms with Crippen LogP contribution in [-0.2, 0) is 4.84 Å². The molecule has 0 unspecified atom stereocenters. The Balaban J connectivity index is 1.47. The van der Waals surface area contributed by atoms with Gasteiger partial charge in [0.25, 0.3) is 0 Å². The molecule has 5 rings (SSSR count). The molecule has 2 aliphatic heterocycles. The van der Waals surface area contributed by atoms with Crippen molar-refractivity contribution in [2.75, 3.05) is 18.1 Å². The van der Waals surface area contributed by atoms with Crippen LogP contribution in [0.5, 0.6) is 0 Å². The lowest BCUT2D eigenvalue weighted by molar-refractivity contribution is 0.00813. The fourth-order valence-electron chi connectivity index (χ4n) is 5.60. The molecule has 2 aliphatic rings. The third kappa shape index (κ3) is 5.10. The Morgan fingerprint density at radius 2 is 1.68 bits per heavy atom. The largest absolute Gasteiger partial charge is 0.395 e. The number of halogens is 2. The molecule has 0 aromatic heterocycles. The van der Waals surface area contributed by atoms with E-state index in [0.717, 1.165) is 16.8 Å². The van der Waals surface area contributed by atoms with Crippen molar-refractivity contribution < 1.29 is 13.6 Å². The van der Waals surface area contributed by atoms with E-state index in [1.807, 2.05) is 36.4 Å². The Morgan fingerprint density at radius 3 is 2.32 bits per heavy atom. The van der Waals surface area contributed by atoms with Crippen molar-refractivity contribution >= 4 is 5.69 Å². The van der Waals surface area contributed by atoms with Crippen molar-refractivity contribution in [3.8, 4) is 12.1 Å². The van der Waals surface area contributed by atoms with Gasteiger partial charge in [0.15, 0.2) is 0 Å². The summed E-state index contributed by atoms with van der Waals surface area (Å²) in [4.78, 5) is 7.38. The van der Waals surface area contributed by atoms with Gasteiger partial charge < -0.3 is 4.84 Å². The number of hydrazine groups is 1. The summed E-state index contributed by atoms with van der Waals surface area (Å²) in [5.74, 6) is -1.19. The number of benzene rings is 3. The molecular weight excluding hydrogens is 484 g/mol. The van der Waals surface area contributed by atoms with Gasteiger partial charge in [-0.3, -0.25) is 4.90 Å². The highest BCUT2D eigenvalue weighted by Crippen LogP contribution is 2.46. The van der Waals surface area contributed by atoms with Crippen LogP contribution >= 0.6 is 0 Å². The lowest BCUT2D eigenvalue weighted by Crippen LogP contribution is -2.53. The van der Waals surface area contributed by atoms with Crippen LogP contribution in [0, 0.1) is 34.4 Å². The highest BCUT2D eigenvalue weighted by atomic mass is 19.1. The van der Waals surface area contributed by atoms with E-state index < -0.39 is 17.4 Å². The van der Waals surface area contributed by atoms with Crippen molar-refractivity contribution in [1.82, 2.24) is 10.5 Å². The fourth-order valence-corrected chi connectivity index (χ4v) is 5.60. The maximum atomic E-state index is 15.6. The minimum Gasteiger partial charge on any atom is -0.395 e. The van der Waals surface area contributed by atoms with Gasteiger partial charge in [0, 0.05) is 19.0 Å². The second-order valence-electron chi connectivity index (χ2n) is 10.2. The third-order valence-electron chi connectivity index (χ3n) is 7.17. The molecule has 2 atom stereocenters. The predicted molar refractivity (Wildman–Crippen MR) is 139 cm³/mol. The number of alkyl halides is 1. The lowest BCUT2D eigenvalue weighted by atomic mass is 9.72. The van der Waals surface area contributed by atoms with Gasteiger partial charge >= 0.3 is 0 Å². The number of nitrogens with zero attached hydrogens (tertiary/aromatic N) is 4. The van der Waals surface area contributed by atoms with Crippen LogP contribution in [0.1, 0.15) is 53.6 Å². The van der Waals surface area contributed by atoms with E-state index in [1.54, 1.807) is 35.7 Å². The zero-order valence-corrected chi connectivity index (χ0v) is 21.1. The zero-order chi connectivity index (χ0) is 26.9. The topological polar surface area (TPSA) is 75.3 Å². The Labute approximate surface area is 220 Å². The Bertz CT molecular complexity index is 1430. The molecule has 0 aliphatic carbocycles. The summed E-state index contributed by atoms with van der Waals surface area (Å²) in [7, 11) is 0. The summed E-state index contributed by atoms with van der Waals surface area (Å²) < 4.78 is 29.9. The highest BCUT2D eigenvalue weighted by Gasteiger charge is 2.45. The van der Waals surface area contributed by atoms with Crippen LogP contribution in [0.4, 0.5) is 14.5 Å². The van der Waals surface area contributed by atoms with Crippen LogP contribution in [-0.4, -0.2) is 23.7 Å². The van der Waals surface area contributed by atoms with Crippen LogP contribution in [0.25, 0.3) is 0 Å². The number of hydrogen-bond acceptors (Lipinski definition) is 6. The van der Waals surface area contributed by atoms with Gasteiger partial charge in [0.2, 0.25) is 0 Å². The van der Waals surface area contributed by atoms with Gasteiger partial charge in [-0.05, 0) is 78.9 Å². The third-order valence-corrected chi connectivity index (χ3v) is 7.17. The van der Waals surface area contributed by atoms with Crippen LogP contribution < -0.4 is 10.6 Å². The molecule has 3 aromatic carbocycles. The van der Waals surface area contributed by atoms with Crippen molar-refractivity contribution in [1.29, 1.82) is 10.5 Å². The lowest BCUT2D eigenvalue weighted by Gasteiger charge is -2.50. The van der Waals surface area contributed by atoms with Crippen molar-refractivity contribution in [2.45, 2.75) is 31.5 Å². The number of rotatable bonds is 7. The molecule has 0 amide bonds. The molecule has 0 radical (unpaired) electrons. The van der Waals surface area contributed by atoms with Gasteiger partial charge in [-0.15, -0.1) is 0 Å². The van der Waals surface area contributed by atoms with Crippen LogP contribution in [0.15, 0.2) is 79.2 Å². The second kappa shape index (κ2) is 10.3. The first-order valence-corrected chi connectivity index (χ1v) is 12.4. The zero-order valence-electron chi connectivity index (χ0n) is 21.1. The quantitative estimate of drug-likeness (QED) is 0.429. The summed E-state index contributed by atoms with van der Waals surface area (Å²) in [6.07, 6.45) is 3.33. The number of nitrogens with one attached hydrogen (secondary N) is 1. The summed E-state index contributed by atoms with van der Waals surface area (Å²) in [6.45, 7) is 4.18. The SMILES string of the molecule is CC(C)(F)[C@H](c1cc(F)cc(C#N)c1)C1CN([C@@H](c2ccc(C#N)cc2)c2cccc(N3C=CON3)c2)C1. The Morgan fingerprint density at radius 1 is 0.947 bits per heavy atom. The molecule has 2 heterocycles. The molecular formula is C30H27F2N5O. The smallest absolute Gasteiger partial charge is 0.131 e. The van der Waals surface area contributed by atoms with Gasteiger partial charge in [-0.1, -0.05) is 29.9 Å². The molecule has 192 valence electrons. The van der Waals surface area contributed by atoms with Gasteiger partial charge in [-0.2, -0.15) is 10.5 Å². The van der Waals surface area contributed by atoms with E-state index in [2.05, 4.69) is 22.6 Å². The van der Waals surface area contributed by atoms with Crippen molar-refractivity contribution in [2.24, 2.45) is 5.92 Å². The summed E-state index contributed by atoms with van der Waals surface area (Å²) >= 11 is 0. The molecule has 1 saturated heterocycles. The fraction of sp³-hybridized carbons (Fsp3) is 0.267. The normalized spacial score (nSPS) is 17.3. The maximum Gasteiger partial charge on any atom is 0.131 e. The van der Waals surface area contributed by atoms with Crippen LogP contribution in [0.2, 0.25) is 0 Å². The average Bonchev–Trinajstić information content (AvgIpc) is 3.42. The van der Waals surface area contributed by atoms with Gasteiger partial charge in [0.05, 0.1) is 41.2 Å². The maximum absolute atomic E-state index is 15.6. The highest BCUT2D eigenvalue weighted by molar-refractivity contribution is 5.52. The standard InChI is InChI=1S/C30H27F2N5O/c1-30(2,32)28(24-12-21(17-34)13-26(31)14-24)25-18-36(19-25)29(22-8-6-20(16-33)7-9-22)23-4-3-5-27(15-23)37-10-11-38-35-37/h3-15,25,28-29,35H,18-19H2,1-2H3/t28-,29+/m1/s1. The Kier molecular flexibility index (Phi) is 6.86. The van der Waals surface area contributed by atoms with E-state index in [9.17, 15) is 14.9 Å². The number of nitriles is 2. The molecule has 0 spiro atoms. The first-order chi connectivity index (χ1) is 18.3. The molecule has 0 saturated carbocycles. The Hall–Kier alpha value is -4.24. The van der Waals surface area contributed by atoms with Gasteiger partial charge in [0.1, 0.15) is 17.7 Å². The van der Waals surface area contributed by atoms with E-state index in [4.69, 9.17) is 4.84 Å². The van der Waals surface area contributed by atoms with Gasteiger partial charge in [-0.25, -0.2) is 13.8 Å². The van der Waals surface area contributed by atoms with Crippen LogP contribution in [0.3, 0.4) is 0 Å². The van der Waals surface area contributed by atoms with Crippen molar-refractivity contribution in [3.05, 3.63) is 113 Å². The molecule has 1 N–H and O–H groups in total. The first-order valence-electron chi connectivity index (χ1n) is 12.4. The molecule has 8 heteroatoms. The number of anilines is 1. The number of likely N-dealkylation sites (tertiary alicyclic amines) is 1. The van der Waals surface area contributed by atoms with Crippen molar-refractivity contribution in [3.63, 3.8) is 0 Å². The van der Waals surface area contributed by atoms with E-state index in [0.29, 0.717) is 24.2 Å². The molecule has 1 fully saturated rings. The van der Waals surface area contributed by atoms with E-state index in [-0.39, 0.29) is 17.5 Å². The first kappa shape index (κ1) is 25.4. The molecule has 0 bridgehead atoms. The summed E-state index contributed by atoms with van der Waals surface area (Å²) in [6, 6.07) is 23.6.